The molecular formula is C15H17NO3. The number of carboxylic acids is 1. The monoisotopic (exact) mass is 259 g/mol. The Balaban J connectivity index is 1.84. The third-order valence-corrected chi connectivity index (χ3v) is 3.34. The van der Waals surface area contributed by atoms with E-state index in [1.54, 1.807) is 6.08 Å². The molecule has 1 aromatic rings. The van der Waals surface area contributed by atoms with Crippen molar-refractivity contribution in [1.82, 2.24) is 5.32 Å². The van der Waals surface area contributed by atoms with E-state index in [4.69, 9.17) is 5.11 Å². The molecule has 2 N–H and O–H groups in total. The summed E-state index contributed by atoms with van der Waals surface area (Å²) in [6, 6.07) is 7.46. The molecule has 0 heterocycles. The largest absolute Gasteiger partial charge is 0.478 e. The molecule has 0 spiro atoms. The molecule has 1 aliphatic rings. The van der Waals surface area contributed by atoms with Gasteiger partial charge in [-0.05, 0) is 30.0 Å². The highest BCUT2D eigenvalue weighted by Gasteiger charge is 2.24. The number of aliphatic carboxylic acids is 1. The first-order valence-electron chi connectivity index (χ1n) is 6.43. The maximum atomic E-state index is 11.7. The Hall–Kier alpha value is -2.10. The van der Waals surface area contributed by atoms with Crippen LogP contribution in [0, 0.1) is 5.92 Å². The van der Waals surface area contributed by atoms with Crippen molar-refractivity contribution in [2.75, 3.05) is 0 Å². The molecule has 0 bridgehead atoms. The van der Waals surface area contributed by atoms with Crippen LogP contribution in [-0.2, 0) is 16.1 Å². The van der Waals surface area contributed by atoms with Crippen LogP contribution >= 0.6 is 0 Å². The molecule has 1 fully saturated rings. The second-order valence-electron chi connectivity index (χ2n) is 4.76. The topological polar surface area (TPSA) is 66.4 Å². The van der Waals surface area contributed by atoms with Gasteiger partial charge in [-0.1, -0.05) is 30.7 Å². The number of amides is 1. The fourth-order valence-corrected chi connectivity index (χ4v) is 1.92. The lowest BCUT2D eigenvalue weighted by atomic mass is 9.85. The first-order valence-corrected chi connectivity index (χ1v) is 6.43. The van der Waals surface area contributed by atoms with Gasteiger partial charge in [0.2, 0.25) is 5.91 Å². The van der Waals surface area contributed by atoms with Gasteiger partial charge < -0.3 is 10.4 Å². The van der Waals surface area contributed by atoms with Crippen molar-refractivity contribution in [2.45, 2.75) is 25.8 Å². The molecule has 100 valence electrons. The van der Waals surface area contributed by atoms with Crippen molar-refractivity contribution >= 4 is 18.0 Å². The number of benzene rings is 1. The molecule has 4 heteroatoms. The number of nitrogens with one attached hydrogen (secondary N) is 1. The van der Waals surface area contributed by atoms with E-state index >= 15 is 0 Å². The summed E-state index contributed by atoms with van der Waals surface area (Å²) >= 11 is 0. The van der Waals surface area contributed by atoms with Crippen LogP contribution in [-0.4, -0.2) is 17.0 Å². The quantitative estimate of drug-likeness (QED) is 0.797. The van der Waals surface area contributed by atoms with E-state index in [0.717, 1.165) is 36.5 Å². The van der Waals surface area contributed by atoms with E-state index in [-0.39, 0.29) is 11.8 Å². The van der Waals surface area contributed by atoms with Crippen LogP contribution in [0.1, 0.15) is 30.4 Å². The molecule has 1 aliphatic carbocycles. The van der Waals surface area contributed by atoms with Crippen LogP contribution in [0.5, 0.6) is 0 Å². The highest BCUT2D eigenvalue weighted by Crippen LogP contribution is 2.26. The van der Waals surface area contributed by atoms with Crippen LogP contribution in [0.2, 0.25) is 0 Å². The number of rotatable bonds is 5. The van der Waals surface area contributed by atoms with Crippen LogP contribution in [0.15, 0.2) is 30.3 Å². The number of carboxylic acid groups (broad SMARTS) is 1. The zero-order valence-corrected chi connectivity index (χ0v) is 10.6. The maximum absolute atomic E-state index is 11.7. The second kappa shape index (κ2) is 6.18. The summed E-state index contributed by atoms with van der Waals surface area (Å²) in [4.78, 5) is 22.0. The summed E-state index contributed by atoms with van der Waals surface area (Å²) in [5.41, 5.74) is 1.84. The van der Waals surface area contributed by atoms with Gasteiger partial charge in [-0.2, -0.15) is 0 Å². The predicted molar refractivity (Wildman–Crippen MR) is 72.3 cm³/mol. The third kappa shape index (κ3) is 3.95. The van der Waals surface area contributed by atoms with Crippen molar-refractivity contribution in [2.24, 2.45) is 5.92 Å². The minimum absolute atomic E-state index is 0.140. The highest BCUT2D eigenvalue weighted by atomic mass is 16.4. The molecule has 2 rings (SSSR count). The van der Waals surface area contributed by atoms with Gasteiger partial charge in [0, 0.05) is 18.5 Å². The number of hydrogen-bond donors (Lipinski definition) is 2. The Morgan fingerprint density at radius 2 is 1.95 bits per heavy atom. The van der Waals surface area contributed by atoms with Crippen molar-refractivity contribution < 1.29 is 14.7 Å². The Morgan fingerprint density at radius 3 is 2.47 bits per heavy atom. The zero-order valence-electron chi connectivity index (χ0n) is 10.6. The highest BCUT2D eigenvalue weighted by molar-refractivity contribution is 5.85. The van der Waals surface area contributed by atoms with Crippen LogP contribution in [0.4, 0.5) is 0 Å². The first kappa shape index (κ1) is 13.3. The lowest BCUT2D eigenvalue weighted by Gasteiger charge is -2.24. The molecule has 0 unspecified atom stereocenters. The van der Waals surface area contributed by atoms with Crippen molar-refractivity contribution in [1.29, 1.82) is 0 Å². The molecule has 0 atom stereocenters. The molecule has 1 aromatic carbocycles. The van der Waals surface area contributed by atoms with Crippen LogP contribution in [0.3, 0.4) is 0 Å². The van der Waals surface area contributed by atoms with Crippen molar-refractivity contribution in [3.8, 4) is 0 Å². The summed E-state index contributed by atoms with van der Waals surface area (Å²) in [6.07, 6.45) is 5.81. The van der Waals surface area contributed by atoms with E-state index in [9.17, 15) is 9.59 Å². The molecule has 1 amide bonds. The van der Waals surface area contributed by atoms with E-state index in [2.05, 4.69) is 5.32 Å². The molecule has 19 heavy (non-hydrogen) atoms. The Bertz CT molecular complexity index is 487. The number of hydrogen-bond acceptors (Lipinski definition) is 2. The molecule has 1 saturated carbocycles. The SMILES string of the molecule is O=C(O)/C=C/c1ccc(CNC(=O)C2CCC2)cc1. The lowest BCUT2D eigenvalue weighted by molar-refractivity contribution is -0.131. The van der Waals surface area contributed by atoms with Crippen LogP contribution < -0.4 is 5.32 Å². The van der Waals surface area contributed by atoms with Crippen LogP contribution in [0.25, 0.3) is 6.08 Å². The van der Waals surface area contributed by atoms with E-state index < -0.39 is 5.97 Å². The molecule has 0 aliphatic heterocycles. The van der Waals surface area contributed by atoms with Gasteiger partial charge in [0.15, 0.2) is 0 Å². The van der Waals surface area contributed by atoms with Gasteiger partial charge in [0.1, 0.15) is 0 Å². The summed E-state index contributed by atoms with van der Waals surface area (Å²) in [6.45, 7) is 0.526. The zero-order chi connectivity index (χ0) is 13.7. The van der Waals surface area contributed by atoms with Gasteiger partial charge >= 0.3 is 5.97 Å². The maximum Gasteiger partial charge on any atom is 0.328 e. The summed E-state index contributed by atoms with van der Waals surface area (Å²) in [5, 5.41) is 11.4. The van der Waals surface area contributed by atoms with Gasteiger partial charge in [-0.15, -0.1) is 0 Å². The number of carbonyl (C=O) groups excluding carboxylic acids is 1. The number of carbonyl (C=O) groups is 2. The summed E-state index contributed by atoms with van der Waals surface area (Å²) < 4.78 is 0. The standard InChI is InChI=1S/C15H17NO3/c17-14(18)9-8-11-4-6-12(7-5-11)10-16-15(19)13-2-1-3-13/h4-9,13H,1-3,10H2,(H,16,19)(H,17,18)/b9-8+. The minimum atomic E-state index is -0.961. The smallest absolute Gasteiger partial charge is 0.328 e. The van der Waals surface area contributed by atoms with Gasteiger partial charge in [0.25, 0.3) is 0 Å². The lowest BCUT2D eigenvalue weighted by Crippen LogP contribution is -2.33. The minimum Gasteiger partial charge on any atom is -0.478 e. The Morgan fingerprint density at radius 1 is 1.26 bits per heavy atom. The van der Waals surface area contributed by atoms with Crippen molar-refractivity contribution in [3.63, 3.8) is 0 Å². The van der Waals surface area contributed by atoms with Gasteiger partial charge in [-0.3, -0.25) is 4.79 Å². The van der Waals surface area contributed by atoms with Gasteiger partial charge in [-0.25, -0.2) is 4.79 Å². The molecule has 4 nitrogen and oxygen atoms in total. The van der Waals surface area contributed by atoms with Gasteiger partial charge in [0.05, 0.1) is 0 Å². The molecule has 0 radical (unpaired) electrons. The Labute approximate surface area is 112 Å². The van der Waals surface area contributed by atoms with E-state index in [0.29, 0.717) is 6.54 Å². The predicted octanol–water partition coefficient (Wildman–Crippen LogP) is 2.20. The second-order valence-corrected chi connectivity index (χ2v) is 4.76. The average Bonchev–Trinajstić information content (AvgIpc) is 2.33. The molecule has 0 aromatic heterocycles. The summed E-state index contributed by atoms with van der Waals surface area (Å²) in [5.74, 6) is -0.615. The summed E-state index contributed by atoms with van der Waals surface area (Å²) in [7, 11) is 0. The third-order valence-electron chi connectivity index (χ3n) is 3.34. The van der Waals surface area contributed by atoms with E-state index in [1.165, 1.54) is 0 Å². The fraction of sp³-hybridized carbons (Fsp3) is 0.333. The average molecular weight is 259 g/mol. The first-order chi connectivity index (χ1) is 9.15. The van der Waals surface area contributed by atoms with Crippen molar-refractivity contribution in [3.05, 3.63) is 41.5 Å². The Kier molecular flexibility index (Phi) is 4.34. The fourth-order valence-electron chi connectivity index (χ4n) is 1.92. The van der Waals surface area contributed by atoms with E-state index in [1.807, 2.05) is 24.3 Å². The normalized spacial score (nSPS) is 15.2. The molecular weight excluding hydrogens is 242 g/mol. The molecule has 0 saturated heterocycles.